The smallest absolute Gasteiger partial charge is 0.236 e. The van der Waals surface area contributed by atoms with E-state index in [2.05, 4.69) is 15.5 Å². The van der Waals surface area contributed by atoms with Gasteiger partial charge in [-0.1, -0.05) is 53.7 Å². The Balaban J connectivity index is 1.52. The van der Waals surface area contributed by atoms with Crippen LogP contribution in [-0.4, -0.2) is 38.1 Å². The van der Waals surface area contributed by atoms with E-state index in [4.69, 9.17) is 16.3 Å². The quantitative estimate of drug-likeness (QED) is 0.397. The molecule has 31 heavy (non-hydrogen) atoms. The number of benzene rings is 2. The summed E-state index contributed by atoms with van der Waals surface area (Å²) in [6, 6.07) is 19.0. The SMILES string of the molecule is COc1ccc(Cl)cc1NC(=O)CSc1nnc(-n2cccc2)n1Cc1ccccc1. The van der Waals surface area contributed by atoms with Gasteiger partial charge in [-0.05, 0) is 35.9 Å². The second-order valence-corrected chi connectivity index (χ2v) is 8.01. The minimum atomic E-state index is -0.192. The van der Waals surface area contributed by atoms with Gasteiger partial charge in [-0.25, -0.2) is 0 Å². The Labute approximate surface area is 189 Å². The number of nitrogens with one attached hydrogen (secondary N) is 1. The van der Waals surface area contributed by atoms with Crippen LogP contribution in [-0.2, 0) is 11.3 Å². The Morgan fingerprint density at radius 3 is 2.61 bits per heavy atom. The second kappa shape index (κ2) is 9.72. The number of amides is 1. The Bertz CT molecular complexity index is 1160. The molecule has 4 aromatic rings. The molecule has 2 heterocycles. The van der Waals surface area contributed by atoms with Crippen LogP contribution in [0.1, 0.15) is 5.56 Å². The summed E-state index contributed by atoms with van der Waals surface area (Å²) in [5.41, 5.74) is 1.64. The lowest BCUT2D eigenvalue weighted by atomic mass is 10.2. The molecule has 2 aromatic carbocycles. The molecule has 4 rings (SSSR count). The average Bonchev–Trinajstić information content (AvgIpc) is 3.43. The maximum absolute atomic E-state index is 12.6. The minimum absolute atomic E-state index is 0.161. The molecule has 9 heteroatoms. The van der Waals surface area contributed by atoms with Gasteiger partial charge in [0.2, 0.25) is 11.9 Å². The fourth-order valence-corrected chi connectivity index (χ4v) is 3.95. The number of anilines is 1. The number of carbonyl (C=O) groups is 1. The van der Waals surface area contributed by atoms with E-state index in [1.807, 2.05) is 64.0 Å². The van der Waals surface area contributed by atoms with E-state index < -0.39 is 0 Å². The Hall–Kier alpha value is -3.23. The number of ether oxygens (including phenoxy) is 1. The van der Waals surface area contributed by atoms with Crippen molar-refractivity contribution in [2.24, 2.45) is 0 Å². The molecule has 0 atom stereocenters. The summed E-state index contributed by atoms with van der Waals surface area (Å²) in [7, 11) is 1.54. The van der Waals surface area contributed by atoms with Crippen molar-refractivity contribution in [3.05, 3.63) is 83.6 Å². The molecular weight excluding hydrogens is 434 g/mol. The number of methoxy groups -OCH3 is 1. The normalized spacial score (nSPS) is 10.8. The fourth-order valence-electron chi connectivity index (χ4n) is 3.05. The lowest BCUT2D eigenvalue weighted by molar-refractivity contribution is -0.113. The number of nitrogens with zero attached hydrogens (tertiary/aromatic N) is 4. The zero-order valence-corrected chi connectivity index (χ0v) is 18.3. The van der Waals surface area contributed by atoms with Gasteiger partial charge >= 0.3 is 0 Å². The first-order valence-corrected chi connectivity index (χ1v) is 10.9. The number of carbonyl (C=O) groups excluding carboxylic acids is 1. The highest BCUT2D eigenvalue weighted by atomic mass is 35.5. The van der Waals surface area contributed by atoms with Crippen LogP contribution in [0.3, 0.4) is 0 Å². The number of thioether (sulfide) groups is 1. The van der Waals surface area contributed by atoms with Crippen LogP contribution in [0.5, 0.6) is 5.75 Å². The third-order valence-electron chi connectivity index (χ3n) is 4.48. The fraction of sp³-hybridized carbons (Fsp3) is 0.136. The molecule has 0 aliphatic carbocycles. The molecule has 1 N–H and O–H groups in total. The molecule has 0 spiro atoms. The molecule has 2 aromatic heterocycles. The minimum Gasteiger partial charge on any atom is -0.495 e. The van der Waals surface area contributed by atoms with Gasteiger partial charge in [-0.3, -0.25) is 13.9 Å². The van der Waals surface area contributed by atoms with Crippen molar-refractivity contribution in [2.45, 2.75) is 11.7 Å². The van der Waals surface area contributed by atoms with Gasteiger partial charge < -0.3 is 10.1 Å². The molecule has 1 amide bonds. The lowest BCUT2D eigenvalue weighted by Gasteiger charge is -2.12. The molecule has 0 aliphatic heterocycles. The van der Waals surface area contributed by atoms with Gasteiger partial charge in [-0.2, -0.15) is 0 Å². The van der Waals surface area contributed by atoms with Gasteiger partial charge in [0.25, 0.3) is 0 Å². The van der Waals surface area contributed by atoms with Crippen LogP contribution in [0, 0.1) is 0 Å². The van der Waals surface area contributed by atoms with E-state index in [-0.39, 0.29) is 11.7 Å². The molecule has 0 fully saturated rings. The predicted molar refractivity (Wildman–Crippen MR) is 122 cm³/mol. The van der Waals surface area contributed by atoms with E-state index in [0.717, 1.165) is 5.56 Å². The maximum Gasteiger partial charge on any atom is 0.236 e. The Kier molecular flexibility index (Phi) is 6.59. The van der Waals surface area contributed by atoms with Crippen LogP contribution < -0.4 is 10.1 Å². The summed E-state index contributed by atoms with van der Waals surface area (Å²) in [4.78, 5) is 12.6. The highest BCUT2D eigenvalue weighted by Gasteiger charge is 2.16. The average molecular weight is 454 g/mol. The first kappa shape index (κ1) is 21.0. The Morgan fingerprint density at radius 1 is 1.10 bits per heavy atom. The Morgan fingerprint density at radius 2 is 1.87 bits per heavy atom. The predicted octanol–water partition coefficient (Wildman–Crippen LogP) is 4.51. The van der Waals surface area contributed by atoms with Crippen LogP contribution in [0.25, 0.3) is 5.95 Å². The topological polar surface area (TPSA) is 74.0 Å². The molecule has 7 nitrogen and oxygen atoms in total. The van der Waals surface area contributed by atoms with Crippen molar-refractivity contribution in [2.75, 3.05) is 18.2 Å². The summed E-state index contributed by atoms with van der Waals surface area (Å²) in [5.74, 6) is 1.20. The number of halogens is 1. The van der Waals surface area contributed by atoms with E-state index in [1.54, 1.807) is 25.3 Å². The molecule has 0 saturated carbocycles. The zero-order chi connectivity index (χ0) is 21.6. The maximum atomic E-state index is 12.6. The third-order valence-corrected chi connectivity index (χ3v) is 5.69. The van der Waals surface area contributed by atoms with E-state index in [1.165, 1.54) is 11.8 Å². The molecule has 0 aliphatic rings. The third kappa shape index (κ3) is 5.10. The number of aromatic nitrogens is 4. The van der Waals surface area contributed by atoms with E-state index in [9.17, 15) is 4.79 Å². The lowest BCUT2D eigenvalue weighted by Crippen LogP contribution is -2.15. The van der Waals surface area contributed by atoms with Crippen molar-refractivity contribution in [3.63, 3.8) is 0 Å². The summed E-state index contributed by atoms with van der Waals surface area (Å²) >= 11 is 7.36. The van der Waals surface area contributed by atoms with Gasteiger partial charge in [0.15, 0.2) is 5.16 Å². The van der Waals surface area contributed by atoms with Crippen molar-refractivity contribution in [3.8, 4) is 11.7 Å². The van der Waals surface area contributed by atoms with Gasteiger partial charge in [0.1, 0.15) is 5.75 Å². The number of hydrogen-bond acceptors (Lipinski definition) is 5. The molecule has 0 bridgehead atoms. The number of hydrogen-bond donors (Lipinski definition) is 1. The van der Waals surface area contributed by atoms with Crippen LogP contribution >= 0.6 is 23.4 Å². The zero-order valence-electron chi connectivity index (χ0n) is 16.7. The van der Waals surface area contributed by atoms with E-state index in [0.29, 0.717) is 34.1 Å². The van der Waals surface area contributed by atoms with Gasteiger partial charge in [-0.15, -0.1) is 10.2 Å². The van der Waals surface area contributed by atoms with Crippen LogP contribution in [0.15, 0.2) is 78.2 Å². The van der Waals surface area contributed by atoms with E-state index >= 15 is 0 Å². The first-order valence-electron chi connectivity index (χ1n) is 9.50. The van der Waals surface area contributed by atoms with Crippen molar-refractivity contribution in [1.29, 1.82) is 0 Å². The summed E-state index contributed by atoms with van der Waals surface area (Å²) in [6.07, 6.45) is 3.83. The highest BCUT2D eigenvalue weighted by molar-refractivity contribution is 7.99. The second-order valence-electron chi connectivity index (χ2n) is 6.63. The van der Waals surface area contributed by atoms with Crippen molar-refractivity contribution in [1.82, 2.24) is 19.3 Å². The first-order chi connectivity index (χ1) is 15.1. The van der Waals surface area contributed by atoms with Crippen LogP contribution in [0.4, 0.5) is 5.69 Å². The van der Waals surface area contributed by atoms with Gasteiger partial charge in [0, 0.05) is 17.4 Å². The number of rotatable bonds is 8. The summed E-state index contributed by atoms with van der Waals surface area (Å²) in [5, 5.41) is 12.7. The molecule has 0 unspecified atom stereocenters. The largest absolute Gasteiger partial charge is 0.495 e. The van der Waals surface area contributed by atoms with Crippen LogP contribution in [0.2, 0.25) is 5.02 Å². The van der Waals surface area contributed by atoms with Crippen molar-refractivity contribution < 1.29 is 9.53 Å². The molecule has 158 valence electrons. The van der Waals surface area contributed by atoms with Gasteiger partial charge in [0.05, 0.1) is 25.1 Å². The molecule has 0 radical (unpaired) electrons. The standard InChI is InChI=1S/C22H20ClN5O2S/c1-30-19-10-9-17(23)13-18(19)24-20(29)15-31-22-26-25-21(27-11-5-6-12-27)28(22)14-16-7-3-2-4-8-16/h2-13H,14-15H2,1H3,(H,24,29). The molecular formula is C22H20ClN5O2S. The molecule has 0 saturated heterocycles. The monoisotopic (exact) mass is 453 g/mol. The van der Waals surface area contributed by atoms with Crippen molar-refractivity contribution >= 4 is 35.0 Å². The summed E-state index contributed by atoms with van der Waals surface area (Å²) in [6.45, 7) is 0.591. The highest BCUT2D eigenvalue weighted by Crippen LogP contribution is 2.28. The summed E-state index contributed by atoms with van der Waals surface area (Å²) < 4.78 is 9.18.